The van der Waals surface area contributed by atoms with E-state index in [0.29, 0.717) is 11.3 Å². The van der Waals surface area contributed by atoms with E-state index in [1.165, 1.54) is 22.6 Å². The van der Waals surface area contributed by atoms with E-state index in [4.69, 9.17) is 4.74 Å². The predicted octanol–water partition coefficient (Wildman–Crippen LogP) is 4.12. The van der Waals surface area contributed by atoms with Crippen LogP contribution in [0.1, 0.15) is 46.5 Å². The number of hydrogen-bond acceptors (Lipinski definition) is 5. The van der Waals surface area contributed by atoms with E-state index in [-0.39, 0.29) is 46.8 Å². The van der Waals surface area contributed by atoms with Gasteiger partial charge in [-0.15, -0.1) is 0 Å². The summed E-state index contributed by atoms with van der Waals surface area (Å²) in [5, 5.41) is 0. The first-order valence-corrected chi connectivity index (χ1v) is 11.2. The first-order valence-electron chi connectivity index (χ1n) is 11.2. The number of rotatable bonds is 5. The summed E-state index contributed by atoms with van der Waals surface area (Å²) in [5.41, 5.74) is 3.42. The molecule has 1 heterocycles. The minimum Gasteiger partial charge on any atom is -0.451 e. The molecule has 0 aromatic heterocycles. The second-order valence-electron chi connectivity index (χ2n) is 9.30. The third kappa shape index (κ3) is 3.41. The summed E-state index contributed by atoms with van der Waals surface area (Å²) in [7, 11) is 0. The largest absolute Gasteiger partial charge is 0.451 e. The summed E-state index contributed by atoms with van der Waals surface area (Å²) in [6.07, 6.45) is 2.09. The van der Waals surface area contributed by atoms with Crippen LogP contribution < -0.4 is 4.90 Å². The molecule has 2 aromatic rings. The molecule has 2 bridgehead atoms. The van der Waals surface area contributed by atoms with Gasteiger partial charge in [-0.25, -0.2) is 4.79 Å². The average molecular weight is 443 g/mol. The molecule has 0 spiro atoms. The maximum Gasteiger partial charge on any atom is 0.338 e. The zero-order valence-corrected chi connectivity index (χ0v) is 18.8. The zero-order valence-electron chi connectivity index (χ0n) is 18.8. The molecule has 5 rings (SSSR count). The van der Waals surface area contributed by atoms with Crippen molar-refractivity contribution in [3.05, 3.63) is 76.9 Å². The van der Waals surface area contributed by atoms with Gasteiger partial charge in [0.2, 0.25) is 17.6 Å². The van der Waals surface area contributed by atoms with Crippen molar-refractivity contribution in [2.75, 3.05) is 4.90 Å². The van der Waals surface area contributed by atoms with Gasteiger partial charge in [0, 0.05) is 5.56 Å². The molecule has 33 heavy (non-hydrogen) atoms. The van der Waals surface area contributed by atoms with Crippen LogP contribution in [0.3, 0.4) is 0 Å². The van der Waals surface area contributed by atoms with Crippen molar-refractivity contribution in [1.82, 2.24) is 0 Å². The molecule has 2 aromatic carbocycles. The number of benzene rings is 2. The zero-order chi connectivity index (χ0) is 23.4. The van der Waals surface area contributed by atoms with Gasteiger partial charge >= 0.3 is 5.97 Å². The van der Waals surface area contributed by atoms with E-state index < -0.39 is 12.1 Å². The Morgan fingerprint density at radius 3 is 2.18 bits per heavy atom. The minimum atomic E-state index is -0.938. The molecule has 1 saturated heterocycles. The summed E-state index contributed by atoms with van der Waals surface area (Å²) >= 11 is 0. The van der Waals surface area contributed by atoms with E-state index in [1.807, 2.05) is 26.0 Å². The summed E-state index contributed by atoms with van der Waals surface area (Å²) in [4.78, 5) is 52.5. The first-order chi connectivity index (χ1) is 15.8. The molecule has 168 valence electrons. The second kappa shape index (κ2) is 7.80. The van der Waals surface area contributed by atoms with E-state index in [1.54, 1.807) is 31.2 Å². The third-order valence-corrected chi connectivity index (χ3v) is 7.23. The van der Waals surface area contributed by atoms with Crippen LogP contribution in [0.15, 0.2) is 60.2 Å². The predicted molar refractivity (Wildman–Crippen MR) is 122 cm³/mol. The number of imide groups is 1. The van der Waals surface area contributed by atoms with Gasteiger partial charge < -0.3 is 4.74 Å². The Hall–Kier alpha value is -3.54. The minimum absolute atomic E-state index is 0.142. The molecule has 2 aliphatic carbocycles. The Bertz CT molecular complexity index is 1190. The number of hydrogen-bond donors (Lipinski definition) is 0. The number of aryl methyl sites for hydroxylation is 1. The topological polar surface area (TPSA) is 80.8 Å². The molecular formula is C27H25NO5. The molecule has 5 atom stereocenters. The van der Waals surface area contributed by atoms with Crippen LogP contribution in [-0.4, -0.2) is 29.7 Å². The van der Waals surface area contributed by atoms with E-state index >= 15 is 0 Å². The molecule has 3 aliphatic rings. The van der Waals surface area contributed by atoms with Crippen LogP contribution in [0.25, 0.3) is 0 Å². The first kappa shape index (κ1) is 21.3. The van der Waals surface area contributed by atoms with Crippen molar-refractivity contribution >= 4 is 29.3 Å². The number of ketones is 1. The summed E-state index contributed by atoms with van der Waals surface area (Å²) < 4.78 is 5.36. The second-order valence-corrected chi connectivity index (χ2v) is 9.30. The molecule has 0 N–H and O–H groups in total. The van der Waals surface area contributed by atoms with Crippen molar-refractivity contribution in [2.24, 2.45) is 23.7 Å². The number of nitrogens with zero attached hydrogens (tertiary/aromatic N) is 1. The van der Waals surface area contributed by atoms with E-state index in [2.05, 4.69) is 6.08 Å². The SMILES string of the molecule is CC1=C[C@H]2C[C@H]1[C@@H]1C(=O)N(c3ccc(C(=O)O[C@@H](C)C(=O)c4ccc(C)cc4)cc3)C(=O)[C@@H]12. The van der Waals surface area contributed by atoms with Crippen molar-refractivity contribution in [2.45, 2.75) is 33.3 Å². The van der Waals surface area contributed by atoms with Crippen molar-refractivity contribution < 1.29 is 23.9 Å². The van der Waals surface area contributed by atoms with Crippen LogP contribution in [0.5, 0.6) is 0 Å². The lowest BCUT2D eigenvalue weighted by Crippen LogP contribution is -2.33. The highest BCUT2D eigenvalue weighted by Gasteiger charge is 2.60. The Balaban J connectivity index is 1.28. The van der Waals surface area contributed by atoms with Gasteiger partial charge in [0.1, 0.15) is 0 Å². The van der Waals surface area contributed by atoms with Gasteiger partial charge in [-0.05, 0) is 63.3 Å². The number of esters is 1. The van der Waals surface area contributed by atoms with Crippen LogP contribution in [-0.2, 0) is 14.3 Å². The molecule has 6 heteroatoms. The normalized spacial score (nSPS) is 26.3. The molecule has 1 aliphatic heterocycles. The van der Waals surface area contributed by atoms with Gasteiger partial charge in [0.15, 0.2) is 6.10 Å². The fourth-order valence-corrected chi connectivity index (χ4v) is 5.51. The van der Waals surface area contributed by atoms with Crippen LogP contribution in [0.4, 0.5) is 5.69 Å². The van der Waals surface area contributed by atoms with Crippen LogP contribution in [0.2, 0.25) is 0 Å². The highest BCUT2D eigenvalue weighted by atomic mass is 16.5. The quantitative estimate of drug-likeness (QED) is 0.301. The lowest BCUT2D eigenvalue weighted by atomic mass is 9.82. The Kier molecular flexibility index (Phi) is 5.04. The fraction of sp³-hybridized carbons (Fsp3) is 0.333. The van der Waals surface area contributed by atoms with Gasteiger partial charge in [-0.1, -0.05) is 41.5 Å². The van der Waals surface area contributed by atoms with E-state index in [0.717, 1.165) is 12.0 Å². The molecule has 1 saturated carbocycles. The van der Waals surface area contributed by atoms with Crippen LogP contribution >= 0.6 is 0 Å². The highest BCUT2D eigenvalue weighted by Crippen LogP contribution is 2.55. The monoisotopic (exact) mass is 443 g/mol. The average Bonchev–Trinajstić information content (AvgIpc) is 3.44. The lowest BCUT2D eigenvalue weighted by molar-refractivity contribution is -0.123. The Labute approximate surface area is 192 Å². The standard InChI is InChI=1S/C27H25NO5/c1-14-4-6-17(7-5-14)24(29)16(3)33-27(32)18-8-10-20(11-9-18)28-25(30)22-19-12-15(2)21(13-19)23(22)26(28)31/h4-12,16,19,21-23H,13H2,1-3H3/t16-,19-,21+,22+,23-/m0/s1. The van der Waals surface area contributed by atoms with Crippen LogP contribution in [0, 0.1) is 30.6 Å². The van der Waals surface area contributed by atoms with Crippen molar-refractivity contribution in [1.29, 1.82) is 0 Å². The number of amides is 2. The summed E-state index contributed by atoms with van der Waals surface area (Å²) in [5.74, 6) is -1.48. The number of carbonyl (C=O) groups excluding carboxylic acids is 4. The lowest BCUT2D eigenvalue weighted by Gasteiger charge is -2.19. The number of carbonyl (C=O) groups is 4. The third-order valence-electron chi connectivity index (χ3n) is 7.23. The smallest absolute Gasteiger partial charge is 0.338 e. The maximum absolute atomic E-state index is 13.1. The van der Waals surface area contributed by atoms with Gasteiger partial charge in [0.05, 0.1) is 23.1 Å². The van der Waals surface area contributed by atoms with Crippen molar-refractivity contribution in [3.63, 3.8) is 0 Å². The molecule has 2 amide bonds. The number of anilines is 1. The van der Waals surface area contributed by atoms with Gasteiger partial charge in [-0.3, -0.25) is 19.3 Å². The summed E-state index contributed by atoms with van der Waals surface area (Å²) in [6, 6.07) is 13.3. The Morgan fingerprint density at radius 1 is 0.909 bits per heavy atom. The molecular weight excluding hydrogens is 418 g/mol. The molecule has 0 unspecified atom stereocenters. The fourth-order valence-electron chi connectivity index (χ4n) is 5.51. The summed E-state index contributed by atoms with van der Waals surface area (Å²) in [6.45, 7) is 5.50. The Morgan fingerprint density at radius 2 is 1.52 bits per heavy atom. The molecule has 2 fully saturated rings. The number of allylic oxidation sites excluding steroid dienone is 2. The van der Waals surface area contributed by atoms with Gasteiger partial charge in [0.25, 0.3) is 0 Å². The molecule has 6 nitrogen and oxygen atoms in total. The van der Waals surface area contributed by atoms with Gasteiger partial charge in [-0.2, -0.15) is 0 Å². The number of ether oxygens (including phenoxy) is 1. The highest BCUT2D eigenvalue weighted by molar-refractivity contribution is 6.23. The maximum atomic E-state index is 13.1. The number of fused-ring (bicyclic) bond motifs is 5. The molecule has 0 radical (unpaired) electrons. The van der Waals surface area contributed by atoms with Crippen molar-refractivity contribution in [3.8, 4) is 0 Å². The number of Topliss-reactive ketones (excluding diaryl/α,β-unsaturated/α-hetero) is 1. The van der Waals surface area contributed by atoms with E-state index in [9.17, 15) is 19.2 Å².